The van der Waals surface area contributed by atoms with Crippen molar-refractivity contribution >= 4 is 0 Å². The first-order valence-corrected chi connectivity index (χ1v) is 5.77. The highest BCUT2D eigenvalue weighted by Gasteiger charge is 2.07. The number of aliphatic hydroxyl groups is 2. The summed E-state index contributed by atoms with van der Waals surface area (Å²) in [6, 6.07) is 0. The maximum Gasteiger partial charge on any atom is 0.110 e. The van der Waals surface area contributed by atoms with Crippen molar-refractivity contribution in [2.24, 2.45) is 5.92 Å². The van der Waals surface area contributed by atoms with Gasteiger partial charge in [-0.3, -0.25) is 0 Å². The molecule has 0 amide bonds. The van der Waals surface area contributed by atoms with Gasteiger partial charge in [-0.05, 0) is 12.3 Å². The molecule has 4 heteroatoms. The summed E-state index contributed by atoms with van der Waals surface area (Å²) in [6.45, 7) is 4.60. The summed E-state index contributed by atoms with van der Waals surface area (Å²) in [5.74, 6) is 0.524. The highest BCUT2D eigenvalue weighted by molar-refractivity contribution is 4.54. The van der Waals surface area contributed by atoms with Crippen molar-refractivity contribution in [1.29, 1.82) is 0 Å². The van der Waals surface area contributed by atoms with Crippen LogP contribution < -0.4 is 0 Å². The van der Waals surface area contributed by atoms with Gasteiger partial charge in [0.1, 0.15) is 12.7 Å². The van der Waals surface area contributed by atoms with Gasteiger partial charge in [0.15, 0.2) is 0 Å². The SMILES string of the molecule is CCCCC(CC)COOCC(O)CO. The van der Waals surface area contributed by atoms with E-state index in [4.69, 9.17) is 20.0 Å². The van der Waals surface area contributed by atoms with E-state index in [9.17, 15) is 0 Å². The quantitative estimate of drug-likeness (QED) is 0.333. The lowest BCUT2D eigenvalue weighted by Gasteiger charge is -2.14. The van der Waals surface area contributed by atoms with Gasteiger partial charge in [0.2, 0.25) is 0 Å². The molecule has 0 saturated heterocycles. The Morgan fingerprint density at radius 3 is 2.33 bits per heavy atom. The molecule has 0 aromatic rings. The van der Waals surface area contributed by atoms with E-state index in [1.807, 2.05) is 0 Å². The van der Waals surface area contributed by atoms with Crippen LogP contribution in [0.5, 0.6) is 0 Å². The van der Waals surface area contributed by atoms with Crippen molar-refractivity contribution < 1.29 is 20.0 Å². The van der Waals surface area contributed by atoms with E-state index in [0.29, 0.717) is 12.5 Å². The molecule has 0 bridgehead atoms. The Labute approximate surface area is 92.1 Å². The zero-order chi connectivity index (χ0) is 11.5. The van der Waals surface area contributed by atoms with Crippen LogP contribution in [0.25, 0.3) is 0 Å². The Morgan fingerprint density at radius 1 is 1.13 bits per heavy atom. The largest absolute Gasteiger partial charge is 0.394 e. The molecular formula is C11H24O4. The lowest BCUT2D eigenvalue weighted by atomic mass is 10.0. The molecule has 92 valence electrons. The van der Waals surface area contributed by atoms with E-state index in [0.717, 1.165) is 12.8 Å². The Hall–Kier alpha value is -0.160. The number of rotatable bonds is 10. The maximum atomic E-state index is 8.97. The summed E-state index contributed by atoms with van der Waals surface area (Å²) >= 11 is 0. The zero-order valence-corrected chi connectivity index (χ0v) is 9.82. The monoisotopic (exact) mass is 220 g/mol. The second-order valence-corrected chi connectivity index (χ2v) is 3.82. The summed E-state index contributed by atoms with van der Waals surface area (Å²) in [6.07, 6.45) is 3.78. The van der Waals surface area contributed by atoms with E-state index in [2.05, 4.69) is 13.8 Å². The molecule has 0 radical (unpaired) electrons. The summed E-state index contributed by atoms with van der Waals surface area (Å²) < 4.78 is 0. The molecule has 0 saturated carbocycles. The lowest BCUT2D eigenvalue weighted by molar-refractivity contribution is -0.312. The molecule has 2 atom stereocenters. The normalized spacial score (nSPS) is 15.2. The molecule has 0 rings (SSSR count). The van der Waals surface area contributed by atoms with Crippen LogP contribution in [-0.2, 0) is 9.78 Å². The fourth-order valence-electron chi connectivity index (χ4n) is 1.22. The summed E-state index contributed by atoms with van der Waals surface area (Å²) in [5, 5.41) is 17.5. The minimum atomic E-state index is -0.847. The fourth-order valence-corrected chi connectivity index (χ4v) is 1.22. The van der Waals surface area contributed by atoms with Gasteiger partial charge in [-0.25, -0.2) is 9.78 Å². The Balaban J connectivity index is 3.37. The Morgan fingerprint density at radius 2 is 1.80 bits per heavy atom. The highest BCUT2D eigenvalue weighted by atomic mass is 17.2. The van der Waals surface area contributed by atoms with Crippen LogP contribution in [0.4, 0.5) is 0 Å². The van der Waals surface area contributed by atoms with Gasteiger partial charge in [0.25, 0.3) is 0 Å². The summed E-state index contributed by atoms with van der Waals surface area (Å²) in [7, 11) is 0. The lowest BCUT2D eigenvalue weighted by Crippen LogP contribution is -2.20. The van der Waals surface area contributed by atoms with Crippen LogP contribution in [0.3, 0.4) is 0 Å². The molecule has 0 aliphatic carbocycles. The predicted molar refractivity (Wildman–Crippen MR) is 58.3 cm³/mol. The molecule has 0 aromatic heterocycles. The standard InChI is InChI=1S/C11H24O4/c1-3-5-6-10(4-2)8-14-15-9-11(13)7-12/h10-13H,3-9H2,1-2H3. The molecule has 0 spiro atoms. The number of aliphatic hydroxyl groups excluding tert-OH is 2. The molecule has 0 aromatic carbocycles. The fraction of sp³-hybridized carbons (Fsp3) is 1.00. The van der Waals surface area contributed by atoms with E-state index >= 15 is 0 Å². The summed E-state index contributed by atoms with van der Waals surface area (Å²) in [5.41, 5.74) is 0. The van der Waals surface area contributed by atoms with Gasteiger partial charge >= 0.3 is 0 Å². The third-order valence-electron chi connectivity index (χ3n) is 2.40. The van der Waals surface area contributed by atoms with Gasteiger partial charge in [0.05, 0.1) is 13.2 Å². The molecule has 2 N–H and O–H groups in total. The zero-order valence-electron chi connectivity index (χ0n) is 9.82. The van der Waals surface area contributed by atoms with Crippen molar-refractivity contribution in [3.05, 3.63) is 0 Å². The van der Waals surface area contributed by atoms with Crippen LogP contribution in [0, 0.1) is 5.92 Å². The summed E-state index contributed by atoms with van der Waals surface area (Å²) in [4.78, 5) is 9.77. The van der Waals surface area contributed by atoms with Crippen LogP contribution in [0.2, 0.25) is 0 Å². The first kappa shape index (κ1) is 14.8. The van der Waals surface area contributed by atoms with Gasteiger partial charge in [-0.1, -0.05) is 33.1 Å². The minimum Gasteiger partial charge on any atom is -0.394 e. The first-order valence-electron chi connectivity index (χ1n) is 5.77. The second-order valence-electron chi connectivity index (χ2n) is 3.82. The topological polar surface area (TPSA) is 58.9 Å². The number of unbranched alkanes of at least 4 members (excludes halogenated alkanes) is 1. The molecule has 4 nitrogen and oxygen atoms in total. The van der Waals surface area contributed by atoms with Gasteiger partial charge < -0.3 is 10.2 Å². The van der Waals surface area contributed by atoms with Crippen molar-refractivity contribution in [2.75, 3.05) is 19.8 Å². The van der Waals surface area contributed by atoms with Crippen LogP contribution in [-0.4, -0.2) is 36.1 Å². The van der Waals surface area contributed by atoms with Crippen molar-refractivity contribution in [3.8, 4) is 0 Å². The molecule has 0 aliphatic heterocycles. The average molecular weight is 220 g/mol. The second kappa shape index (κ2) is 10.4. The predicted octanol–water partition coefficient (Wildman–Crippen LogP) is 1.50. The molecule has 0 aliphatic rings. The molecule has 2 unspecified atom stereocenters. The smallest absolute Gasteiger partial charge is 0.110 e. The van der Waals surface area contributed by atoms with Gasteiger partial charge in [-0.15, -0.1) is 0 Å². The molecule has 15 heavy (non-hydrogen) atoms. The molecule has 0 heterocycles. The van der Waals surface area contributed by atoms with E-state index in [1.165, 1.54) is 12.8 Å². The number of hydrogen-bond acceptors (Lipinski definition) is 4. The maximum absolute atomic E-state index is 8.97. The third-order valence-corrected chi connectivity index (χ3v) is 2.40. The van der Waals surface area contributed by atoms with Crippen molar-refractivity contribution in [2.45, 2.75) is 45.6 Å². The Kier molecular flexibility index (Phi) is 10.3. The van der Waals surface area contributed by atoms with Gasteiger partial charge in [-0.2, -0.15) is 0 Å². The van der Waals surface area contributed by atoms with Crippen LogP contribution in [0.1, 0.15) is 39.5 Å². The molecular weight excluding hydrogens is 196 g/mol. The molecule has 0 fully saturated rings. The average Bonchev–Trinajstić information content (AvgIpc) is 2.27. The third kappa shape index (κ3) is 8.81. The van der Waals surface area contributed by atoms with E-state index < -0.39 is 6.10 Å². The Bertz CT molecular complexity index is 130. The highest BCUT2D eigenvalue weighted by Crippen LogP contribution is 2.12. The first-order chi connectivity index (χ1) is 7.24. The number of hydrogen-bond donors (Lipinski definition) is 2. The van der Waals surface area contributed by atoms with Crippen molar-refractivity contribution in [1.82, 2.24) is 0 Å². The van der Waals surface area contributed by atoms with E-state index in [1.54, 1.807) is 0 Å². The van der Waals surface area contributed by atoms with Crippen LogP contribution >= 0.6 is 0 Å². The van der Waals surface area contributed by atoms with Crippen molar-refractivity contribution in [3.63, 3.8) is 0 Å². The van der Waals surface area contributed by atoms with Crippen LogP contribution in [0.15, 0.2) is 0 Å². The minimum absolute atomic E-state index is 0.0285. The van der Waals surface area contributed by atoms with Gasteiger partial charge in [0, 0.05) is 0 Å². The van der Waals surface area contributed by atoms with E-state index in [-0.39, 0.29) is 13.2 Å².